The molecular formula is C10H12FNSi. The van der Waals surface area contributed by atoms with E-state index in [4.69, 9.17) is 0 Å². The number of para-hydroxylation sites is 1. The smallest absolute Gasteiger partial charge is 0.368 e. The van der Waals surface area contributed by atoms with E-state index in [0.29, 0.717) is 6.04 Å². The van der Waals surface area contributed by atoms with Gasteiger partial charge in [0.1, 0.15) is 0 Å². The van der Waals surface area contributed by atoms with Crippen LogP contribution in [0.5, 0.6) is 0 Å². The topological polar surface area (TPSA) is 3.24 Å². The van der Waals surface area contributed by atoms with Crippen molar-refractivity contribution in [2.45, 2.75) is 25.8 Å². The molecule has 0 amide bonds. The highest BCUT2D eigenvalue weighted by Crippen LogP contribution is 2.29. The van der Waals surface area contributed by atoms with Crippen molar-refractivity contribution in [3.8, 4) is 0 Å². The molecule has 13 heavy (non-hydrogen) atoms. The third kappa shape index (κ3) is 1.48. The van der Waals surface area contributed by atoms with Crippen molar-refractivity contribution in [2.75, 3.05) is 4.57 Å². The molecule has 1 unspecified atom stereocenters. The van der Waals surface area contributed by atoms with E-state index in [-0.39, 0.29) is 0 Å². The molecule has 0 N–H and O–H groups in total. The molecule has 2 radical (unpaired) electrons. The largest absolute Gasteiger partial charge is 0.438 e. The van der Waals surface area contributed by atoms with Gasteiger partial charge in [0.25, 0.3) is 0 Å². The Morgan fingerprint density at radius 2 is 2.23 bits per heavy atom. The van der Waals surface area contributed by atoms with Gasteiger partial charge < -0.3 is 4.57 Å². The molecule has 1 aliphatic rings. The van der Waals surface area contributed by atoms with Crippen molar-refractivity contribution in [3.63, 3.8) is 0 Å². The molecule has 1 aromatic rings. The maximum absolute atomic E-state index is 12.8. The summed E-state index contributed by atoms with van der Waals surface area (Å²) in [5.41, 5.74) is 2.37. The first kappa shape index (κ1) is 8.75. The number of fused-ring (bicyclic) bond motifs is 1. The van der Waals surface area contributed by atoms with Gasteiger partial charge in [0.05, 0.1) is 0 Å². The lowest BCUT2D eigenvalue weighted by atomic mass is 9.99. The van der Waals surface area contributed by atoms with Crippen LogP contribution in [0.15, 0.2) is 24.3 Å². The summed E-state index contributed by atoms with van der Waals surface area (Å²) in [7, 11) is -0.612. The normalized spacial score (nSPS) is 21.4. The average Bonchev–Trinajstić information content (AvgIpc) is 2.18. The number of nitrogens with zero attached hydrogens (tertiary/aromatic N) is 1. The molecule has 1 aliphatic heterocycles. The number of anilines is 1. The fraction of sp³-hybridized carbons (Fsp3) is 0.400. The molecular weight excluding hydrogens is 181 g/mol. The van der Waals surface area contributed by atoms with Crippen molar-refractivity contribution in [1.29, 1.82) is 0 Å². The van der Waals surface area contributed by atoms with Crippen molar-refractivity contribution in [3.05, 3.63) is 29.8 Å². The van der Waals surface area contributed by atoms with Crippen LogP contribution in [0.2, 0.25) is 0 Å². The van der Waals surface area contributed by atoms with Gasteiger partial charge in [-0.25, -0.2) is 0 Å². The first-order valence-electron chi connectivity index (χ1n) is 4.56. The number of benzene rings is 1. The van der Waals surface area contributed by atoms with Gasteiger partial charge in [0.15, 0.2) is 0 Å². The molecule has 3 heteroatoms. The molecule has 0 aromatic heterocycles. The van der Waals surface area contributed by atoms with Gasteiger partial charge in [0.2, 0.25) is 0 Å². The second-order valence-corrected chi connectivity index (χ2v) is 4.12. The highest BCUT2D eigenvalue weighted by Gasteiger charge is 2.23. The van der Waals surface area contributed by atoms with Crippen LogP contribution in [0.3, 0.4) is 0 Å². The number of hydrogen-bond acceptors (Lipinski definition) is 1. The molecule has 0 saturated heterocycles. The number of aryl methyl sites for hydroxylation is 1. The molecule has 0 aliphatic carbocycles. The zero-order chi connectivity index (χ0) is 9.26. The molecule has 1 aromatic carbocycles. The third-order valence-corrected chi connectivity index (χ3v) is 3.48. The Morgan fingerprint density at radius 1 is 1.46 bits per heavy atom. The summed E-state index contributed by atoms with van der Waals surface area (Å²) in [6, 6.07) is 8.45. The van der Waals surface area contributed by atoms with E-state index in [2.05, 4.69) is 13.0 Å². The summed E-state index contributed by atoms with van der Waals surface area (Å²) in [6.45, 7) is 2.09. The van der Waals surface area contributed by atoms with Crippen LogP contribution in [0, 0.1) is 0 Å². The van der Waals surface area contributed by atoms with Gasteiger partial charge in [-0.2, -0.15) is 0 Å². The van der Waals surface area contributed by atoms with E-state index in [9.17, 15) is 4.11 Å². The van der Waals surface area contributed by atoms with Gasteiger partial charge >= 0.3 is 10.0 Å². The summed E-state index contributed by atoms with van der Waals surface area (Å²) in [5.74, 6) is 0. The number of hydrogen-bond donors (Lipinski definition) is 0. The van der Waals surface area contributed by atoms with E-state index in [1.165, 1.54) is 5.56 Å². The monoisotopic (exact) mass is 193 g/mol. The van der Waals surface area contributed by atoms with E-state index in [1.54, 1.807) is 0 Å². The maximum Gasteiger partial charge on any atom is 0.438 e. The summed E-state index contributed by atoms with van der Waals surface area (Å²) < 4.78 is 14.6. The average molecular weight is 193 g/mol. The Morgan fingerprint density at radius 3 is 3.00 bits per heavy atom. The second-order valence-electron chi connectivity index (χ2n) is 3.47. The zero-order valence-corrected chi connectivity index (χ0v) is 8.63. The van der Waals surface area contributed by atoms with Crippen LogP contribution < -0.4 is 4.57 Å². The predicted octanol–water partition coefficient (Wildman–Crippen LogP) is 2.33. The van der Waals surface area contributed by atoms with E-state index < -0.39 is 10.0 Å². The first-order valence-corrected chi connectivity index (χ1v) is 5.39. The molecule has 0 saturated carbocycles. The standard InChI is InChI=1S/C10H12FNSi/c1-8-6-7-9-4-2-3-5-10(9)12(8)13-11/h2-5,8H,6-7H2,1H3. The van der Waals surface area contributed by atoms with Gasteiger partial charge in [-0.1, -0.05) is 18.2 Å². The Hall–Kier alpha value is -0.833. The minimum absolute atomic E-state index is 0.346. The quantitative estimate of drug-likeness (QED) is 0.489. The molecule has 0 bridgehead atoms. The minimum atomic E-state index is -0.612. The van der Waals surface area contributed by atoms with Gasteiger partial charge in [-0.15, -0.1) is 0 Å². The summed E-state index contributed by atoms with van der Waals surface area (Å²) in [5, 5.41) is 0. The highest BCUT2D eigenvalue weighted by atomic mass is 28.3. The predicted molar refractivity (Wildman–Crippen MR) is 53.6 cm³/mol. The van der Waals surface area contributed by atoms with Crippen LogP contribution in [-0.2, 0) is 6.42 Å². The van der Waals surface area contributed by atoms with Crippen LogP contribution in [0.4, 0.5) is 9.80 Å². The fourth-order valence-corrected chi connectivity index (χ4v) is 2.42. The van der Waals surface area contributed by atoms with Crippen LogP contribution in [-0.4, -0.2) is 16.1 Å². The van der Waals surface area contributed by atoms with E-state index in [1.807, 2.05) is 22.8 Å². The molecule has 2 rings (SSSR count). The van der Waals surface area contributed by atoms with E-state index >= 15 is 0 Å². The summed E-state index contributed by atoms with van der Waals surface area (Å²) >= 11 is 0. The van der Waals surface area contributed by atoms with Crippen LogP contribution in [0.1, 0.15) is 18.9 Å². The molecule has 0 spiro atoms. The lowest BCUT2D eigenvalue weighted by Gasteiger charge is -2.34. The highest BCUT2D eigenvalue weighted by molar-refractivity contribution is 6.33. The lowest BCUT2D eigenvalue weighted by molar-refractivity contribution is 0.621. The van der Waals surface area contributed by atoms with Crippen molar-refractivity contribution >= 4 is 15.7 Å². The van der Waals surface area contributed by atoms with Crippen molar-refractivity contribution in [1.82, 2.24) is 0 Å². The maximum atomic E-state index is 12.8. The summed E-state index contributed by atoms with van der Waals surface area (Å²) in [6.07, 6.45) is 2.15. The van der Waals surface area contributed by atoms with Crippen molar-refractivity contribution in [2.24, 2.45) is 0 Å². The van der Waals surface area contributed by atoms with Crippen LogP contribution >= 0.6 is 0 Å². The van der Waals surface area contributed by atoms with Crippen LogP contribution in [0.25, 0.3) is 0 Å². The summed E-state index contributed by atoms with van der Waals surface area (Å²) in [4.78, 5) is 0. The Labute approximate surface area is 80.6 Å². The lowest BCUT2D eigenvalue weighted by Crippen LogP contribution is -2.38. The fourth-order valence-electron chi connectivity index (χ4n) is 1.82. The molecule has 0 fully saturated rings. The molecule has 1 heterocycles. The third-order valence-electron chi connectivity index (χ3n) is 2.61. The van der Waals surface area contributed by atoms with Gasteiger partial charge in [-0.05, 0) is 31.4 Å². The Balaban J connectivity index is 2.39. The minimum Gasteiger partial charge on any atom is -0.368 e. The SMILES string of the molecule is CC1CCc2ccccc2N1[Si]F. The number of rotatable bonds is 1. The van der Waals surface area contributed by atoms with E-state index in [0.717, 1.165) is 18.5 Å². The molecule has 1 atom stereocenters. The van der Waals surface area contributed by atoms with Gasteiger partial charge in [0, 0.05) is 11.7 Å². The van der Waals surface area contributed by atoms with Crippen molar-refractivity contribution < 1.29 is 4.11 Å². The molecule has 1 nitrogen and oxygen atoms in total. The first-order chi connectivity index (χ1) is 6.33. The second kappa shape index (κ2) is 3.50. The molecule has 68 valence electrons. The zero-order valence-electron chi connectivity index (χ0n) is 7.63. The Bertz CT molecular complexity index is 303. The number of halogens is 1. The Kier molecular flexibility index (Phi) is 2.35. The van der Waals surface area contributed by atoms with Gasteiger partial charge in [-0.3, -0.25) is 4.11 Å².